The van der Waals surface area contributed by atoms with E-state index in [1.54, 1.807) is 6.08 Å². The van der Waals surface area contributed by atoms with Crippen molar-refractivity contribution in [2.75, 3.05) is 13.2 Å². The fourth-order valence-corrected chi connectivity index (χ4v) is 0.563. The van der Waals surface area contributed by atoms with Crippen molar-refractivity contribution in [2.24, 2.45) is 0 Å². The van der Waals surface area contributed by atoms with E-state index in [2.05, 4.69) is 11.3 Å². The maximum Gasteiger partial charge on any atom is 0.330 e. The van der Waals surface area contributed by atoms with Crippen LogP contribution in [-0.2, 0) is 14.3 Å². The highest BCUT2D eigenvalue weighted by Gasteiger charge is 2.17. The fourth-order valence-electron chi connectivity index (χ4n) is 0.563. The van der Waals surface area contributed by atoms with Crippen molar-refractivity contribution in [1.82, 2.24) is 0 Å². The van der Waals surface area contributed by atoms with Crippen LogP contribution in [0.5, 0.6) is 0 Å². The van der Waals surface area contributed by atoms with Crippen molar-refractivity contribution in [1.29, 1.82) is 0 Å². The molecule has 60 valence electrons. The van der Waals surface area contributed by atoms with E-state index in [4.69, 9.17) is 4.74 Å². The molecule has 1 fully saturated rings. The first-order chi connectivity index (χ1) is 5.33. The number of rotatable bonds is 4. The first kappa shape index (κ1) is 8.01. The zero-order valence-electron chi connectivity index (χ0n) is 6.16. The van der Waals surface area contributed by atoms with Gasteiger partial charge in [-0.3, -0.25) is 0 Å². The van der Waals surface area contributed by atoms with E-state index in [1.807, 2.05) is 6.08 Å². The predicted molar refractivity (Wildman–Crippen MR) is 40.0 cm³/mol. The third-order valence-electron chi connectivity index (χ3n) is 1.20. The molecule has 1 saturated heterocycles. The summed E-state index contributed by atoms with van der Waals surface area (Å²) in [5.74, 6) is -0.397. The normalized spacial score (nSPS) is 21.6. The number of carbonyl (C=O) groups is 1. The Kier molecular flexibility index (Phi) is 2.86. The molecule has 1 unspecified atom stereocenters. The summed E-state index contributed by atoms with van der Waals surface area (Å²) >= 11 is 0. The summed E-state index contributed by atoms with van der Waals surface area (Å²) in [5, 5.41) is 0. The van der Waals surface area contributed by atoms with Crippen molar-refractivity contribution in [2.45, 2.75) is 6.10 Å². The van der Waals surface area contributed by atoms with E-state index in [0.29, 0.717) is 6.61 Å². The summed E-state index contributed by atoms with van der Waals surface area (Å²) in [6.45, 7) is 4.34. The highest BCUT2D eigenvalue weighted by atomic mass is 16.6. The molecule has 0 aliphatic carbocycles. The summed E-state index contributed by atoms with van der Waals surface area (Å²) in [6, 6.07) is 0. The summed E-state index contributed by atoms with van der Waals surface area (Å²) in [4.78, 5) is 10.5. The van der Waals surface area contributed by atoms with Gasteiger partial charge in [0.1, 0.15) is 6.61 Å². The first-order valence-corrected chi connectivity index (χ1v) is 3.40. The minimum absolute atomic E-state index is 0.248. The van der Waals surface area contributed by atoms with Crippen LogP contribution in [0.2, 0.25) is 0 Å². The van der Waals surface area contributed by atoms with Crippen LogP contribution >= 0.6 is 0 Å². The van der Waals surface area contributed by atoms with Gasteiger partial charge in [-0.2, -0.15) is 0 Å². The number of epoxide rings is 1. The second-order valence-corrected chi connectivity index (χ2v) is 2.13. The van der Waals surface area contributed by atoms with Gasteiger partial charge in [0.2, 0.25) is 0 Å². The average Bonchev–Trinajstić information content (AvgIpc) is 2.81. The van der Waals surface area contributed by atoms with Gasteiger partial charge in [-0.1, -0.05) is 12.7 Å². The molecular formula is C8H10O3. The molecule has 0 N–H and O–H groups in total. The Labute approximate surface area is 65.3 Å². The van der Waals surface area contributed by atoms with Gasteiger partial charge >= 0.3 is 5.97 Å². The molecule has 3 heteroatoms. The van der Waals surface area contributed by atoms with Crippen molar-refractivity contribution in [3.63, 3.8) is 0 Å². The van der Waals surface area contributed by atoms with Crippen LogP contribution in [0, 0.1) is 0 Å². The van der Waals surface area contributed by atoms with Crippen molar-refractivity contribution >= 4 is 5.97 Å². The third kappa shape index (κ3) is 3.57. The molecule has 0 aromatic carbocycles. The fraction of sp³-hybridized carbons (Fsp3) is 0.375. The Morgan fingerprint density at radius 1 is 1.82 bits per heavy atom. The van der Waals surface area contributed by atoms with Crippen LogP contribution in [0.4, 0.5) is 0 Å². The lowest BCUT2D eigenvalue weighted by molar-refractivity contribution is -0.136. The summed E-state index contributed by atoms with van der Waals surface area (Å²) in [5.41, 5.74) is 0. The zero-order valence-corrected chi connectivity index (χ0v) is 6.16. The molecule has 0 bridgehead atoms. The van der Waals surface area contributed by atoms with E-state index < -0.39 is 5.97 Å². The molecule has 1 heterocycles. The number of carbonyl (C=O) groups excluding carboxylic acids is 1. The Morgan fingerprint density at radius 3 is 3.09 bits per heavy atom. The Bertz CT molecular complexity index is 180. The predicted octanol–water partition coefficient (Wildman–Crippen LogP) is 0.671. The van der Waals surface area contributed by atoms with Crippen molar-refractivity contribution in [3.8, 4) is 0 Å². The number of ether oxygens (including phenoxy) is 2. The monoisotopic (exact) mass is 154 g/mol. The molecule has 1 rings (SSSR count). The minimum Gasteiger partial charge on any atom is -0.458 e. The van der Waals surface area contributed by atoms with Crippen molar-refractivity contribution in [3.05, 3.63) is 24.8 Å². The number of hydrogen-bond donors (Lipinski definition) is 0. The van der Waals surface area contributed by atoms with E-state index in [-0.39, 0.29) is 6.10 Å². The second kappa shape index (κ2) is 3.93. The Hall–Kier alpha value is -1.09. The summed E-state index contributed by atoms with van der Waals surface area (Å²) in [7, 11) is 0. The molecule has 1 atom stereocenters. The number of esters is 1. The van der Waals surface area contributed by atoms with Crippen LogP contribution in [0.3, 0.4) is 0 Å². The Morgan fingerprint density at radius 2 is 2.55 bits per heavy atom. The molecule has 11 heavy (non-hydrogen) atoms. The quantitative estimate of drug-likeness (QED) is 0.258. The van der Waals surface area contributed by atoms with Crippen LogP contribution < -0.4 is 0 Å². The second-order valence-electron chi connectivity index (χ2n) is 2.13. The summed E-state index contributed by atoms with van der Waals surface area (Å²) in [6.07, 6.45) is 5.02. The highest BCUT2D eigenvalue weighted by molar-refractivity contribution is 5.81. The largest absolute Gasteiger partial charge is 0.458 e. The van der Waals surface area contributed by atoms with Gasteiger partial charge in [-0.15, -0.1) is 0 Å². The van der Waals surface area contributed by atoms with E-state index in [0.717, 1.165) is 12.7 Å². The van der Waals surface area contributed by atoms with Gasteiger partial charge in [-0.25, -0.2) is 4.79 Å². The maximum absolute atomic E-state index is 10.5. The number of hydrogen-bond acceptors (Lipinski definition) is 3. The van der Waals surface area contributed by atoms with Gasteiger partial charge < -0.3 is 9.47 Å². The zero-order chi connectivity index (χ0) is 8.10. The molecule has 0 aromatic heterocycles. The van der Waals surface area contributed by atoms with Gasteiger partial charge in [0.05, 0.1) is 12.7 Å². The summed E-state index contributed by atoms with van der Waals surface area (Å²) < 4.78 is 9.56. The van der Waals surface area contributed by atoms with Crippen LogP contribution in [0.15, 0.2) is 24.8 Å². The highest BCUT2D eigenvalue weighted by Crippen LogP contribution is 2.09. The molecule has 1 aliphatic rings. The van der Waals surface area contributed by atoms with E-state index in [9.17, 15) is 4.79 Å². The molecular weight excluding hydrogens is 144 g/mol. The maximum atomic E-state index is 10.5. The van der Waals surface area contributed by atoms with Gasteiger partial charge in [0.25, 0.3) is 0 Å². The van der Waals surface area contributed by atoms with E-state index in [1.165, 1.54) is 0 Å². The topological polar surface area (TPSA) is 38.8 Å². The van der Waals surface area contributed by atoms with Gasteiger partial charge in [0, 0.05) is 6.08 Å². The molecule has 1 aliphatic heterocycles. The first-order valence-electron chi connectivity index (χ1n) is 3.40. The molecule has 0 radical (unpaired) electrons. The average molecular weight is 154 g/mol. The van der Waals surface area contributed by atoms with Gasteiger partial charge in [0.15, 0.2) is 0 Å². The lowest BCUT2D eigenvalue weighted by Gasteiger charge is -1.93. The molecule has 0 aromatic rings. The third-order valence-corrected chi connectivity index (χ3v) is 1.20. The molecule has 0 saturated carbocycles. The van der Waals surface area contributed by atoms with Crippen LogP contribution in [0.25, 0.3) is 0 Å². The van der Waals surface area contributed by atoms with Gasteiger partial charge in [-0.05, 0) is 6.08 Å². The Balaban J connectivity index is 2.02. The lowest BCUT2D eigenvalue weighted by atomic mass is 10.4. The lowest BCUT2D eigenvalue weighted by Crippen LogP contribution is -1.99. The smallest absolute Gasteiger partial charge is 0.330 e. The SMILES string of the molecule is C=CC(=O)OCC=CC1CO1. The molecule has 0 spiro atoms. The molecule has 0 amide bonds. The molecule has 3 nitrogen and oxygen atoms in total. The van der Waals surface area contributed by atoms with Crippen LogP contribution in [0.1, 0.15) is 0 Å². The van der Waals surface area contributed by atoms with Crippen LogP contribution in [-0.4, -0.2) is 25.3 Å². The minimum atomic E-state index is -0.397. The van der Waals surface area contributed by atoms with Crippen molar-refractivity contribution < 1.29 is 14.3 Å². The van der Waals surface area contributed by atoms with E-state index >= 15 is 0 Å². The standard InChI is InChI=1S/C8H10O3/c1-2-8(9)10-5-3-4-7-6-11-7/h2-4,7H,1,5-6H2.